The summed E-state index contributed by atoms with van der Waals surface area (Å²) in [5.41, 5.74) is 4.30. The number of nitrogens with zero attached hydrogens (tertiary/aromatic N) is 2. The number of nitrogens with one attached hydrogen (secondary N) is 1. The Balaban J connectivity index is 2.07. The van der Waals surface area contributed by atoms with Crippen molar-refractivity contribution >= 4 is 34.0 Å². The van der Waals surface area contributed by atoms with Gasteiger partial charge in [-0.2, -0.15) is 0 Å². The lowest BCUT2D eigenvalue weighted by Gasteiger charge is -2.11. The first-order chi connectivity index (χ1) is 10.2. The van der Waals surface area contributed by atoms with Gasteiger partial charge < -0.3 is 5.32 Å². The van der Waals surface area contributed by atoms with E-state index in [1.165, 1.54) is 5.56 Å². The van der Waals surface area contributed by atoms with Crippen LogP contribution in [0.2, 0.25) is 5.02 Å². The van der Waals surface area contributed by atoms with Gasteiger partial charge in [0.15, 0.2) is 0 Å². The maximum absolute atomic E-state index is 6.00. The molecule has 0 radical (unpaired) electrons. The highest BCUT2D eigenvalue weighted by Crippen LogP contribution is 2.27. The van der Waals surface area contributed by atoms with Crippen molar-refractivity contribution in [3.63, 3.8) is 0 Å². The summed E-state index contributed by atoms with van der Waals surface area (Å²) >= 11 is 6.00. The summed E-state index contributed by atoms with van der Waals surface area (Å²) in [6.45, 7) is 4.16. The molecule has 0 unspecified atom stereocenters. The van der Waals surface area contributed by atoms with Gasteiger partial charge >= 0.3 is 0 Å². The third kappa shape index (κ3) is 2.83. The van der Waals surface area contributed by atoms with E-state index in [4.69, 9.17) is 11.6 Å². The smallest absolute Gasteiger partial charge is 0.141 e. The molecule has 0 aliphatic carbocycles. The first-order valence-corrected chi connectivity index (χ1v) is 7.32. The van der Waals surface area contributed by atoms with Gasteiger partial charge in [-0.1, -0.05) is 24.6 Å². The van der Waals surface area contributed by atoms with Gasteiger partial charge in [0.25, 0.3) is 0 Å². The summed E-state index contributed by atoms with van der Waals surface area (Å²) < 4.78 is 0. The van der Waals surface area contributed by atoms with Crippen LogP contribution in [0.1, 0.15) is 18.1 Å². The summed E-state index contributed by atoms with van der Waals surface area (Å²) in [7, 11) is 0. The minimum absolute atomic E-state index is 0.735. The Bertz CT molecular complexity index is 799. The van der Waals surface area contributed by atoms with Crippen LogP contribution in [-0.2, 0) is 6.42 Å². The third-order valence-electron chi connectivity index (χ3n) is 3.55. The van der Waals surface area contributed by atoms with Gasteiger partial charge in [-0.3, -0.25) is 0 Å². The highest BCUT2D eigenvalue weighted by Gasteiger charge is 2.06. The number of rotatable bonds is 3. The third-order valence-corrected chi connectivity index (χ3v) is 3.78. The van der Waals surface area contributed by atoms with Gasteiger partial charge in [-0.25, -0.2) is 9.97 Å². The lowest BCUT2D eigenvalue weighted by molar-refractivity contribution is 1.14. The van der Waals surface area contributed by atoms with E-state index in [9.17, 15) is 0 Å². The van der Waals surface area contributed by atoms with E-state index in [0.717, 1.165) is 39.4 Å². The van der Waals surface area contributed by atoms with Crippen molar-refractivity contribution in [2.45, 2.75) is 20.3 Å². The van der Waals surface area contributed by atoms with Crippen molar-refractivity contribution in [3.05, 3.63) is 58.9 Å². The molecule has 0 atom stereocenters. The van der Waals surface area contributed by atoms with E-state index in [1.807, 2.05) is 31.2 Å². The Hall–Kier alpha value is -2.13. The molecule has 0 fully saturated rings. The SMILES string of the molecule is CCc1ccc2ncnc(Nc3ccc(Cl)cc3C)c2c1. The van der Waals surface area contributed by atoms with Crippen molar-refractivity contribution in [2.75, 3.05) is 5.32 Å². The van der Waals surface area contributed by atoms with Gasteiger partial charge in [0.1, 0.15) is 12.1 Å². The number of halogens is 1. The van der Waals surface area contributed by atoms with Crippen LogP contribution in [0.5, 0.6) is 0 Å². The molecule has 0 aliphatic heterocycles. The minimum Gasteiger partial charge on any atom is -0.339 e. The molecule has 3 aromatic rings. The first kappa shape index (κ1) is 13.8. The number of aromatic nitrogens is 2. The fraction of sp³-hybridized carbons (Fsp3) is 0.176. The van der Waals surface area contributed by atoms with Crippen LogP contribution in [0.15, 0.2) is 42.7 Å². The average Bonchev–Trinajstić information content (AvgIpc) is 2.50. The summed E-state index contributed by atoms with van der Waals surface area (Å²) in [5, 5.41) is 5.15. The van der Waals surface area contributed by atoms with E-state index < -0.39 is 0 Å². The molecule has 3 rings (SSSR count). The van der Waals surface area contributed by atoms with Gasteiger partial charge in [0.05, 0.1) is 5.52 Å². The molecule has 0 spiro atoms. The molecular formula is C17H16ClN3. The largest absolute Gasteiger partial charge is 0.339 e. The normalized spacial score (nSPS) is 10.8. The molecular weight excluding hydrogens is 282 g/mol. The molecule has 1 heterocycles. The monoisotopic (exact) mass is 297 g/mol. The summed E-state index contributed by atoms with van der Waals surface area (Å²) in [6, 6.07) is 12.1. The van der Waals surface area contributed by atoms with E-state index >= 15 is 0 Å². The molecule has 0 aliphatic rings. The van der Waals surface area contributed by atoms with Gasteiger partial charge in [-0.05, 0) is 54.8 Å². The van der Waals surface area contributed by atoms with Crippen LogP contribution < -0.4 is 5.32 Å². The van der Waals surface area contributed by atoms with Crippen molar-refractivity contribution < 1.29 is 0 Å². The number of hydrogen-bond acceptors (Lipinski definition) is 3. The minimum atomic E-state index is 0.735. The van der Waals surface area contributed by atoms with E-state index in [1.54, 1.807) is 6.33 Å². The predicted octanol–water partition coefficient (Wildman–Crippen LogP) is 4.90. The van der Waals surface area contributed by atoms with Crippen LogP contribution in [0, 0.1) is 6.92 Å². The number of aryl methyl sites for hydroxylation is 2. The molecule has 0 saturated heterocycles. The van der Waals surface area contributed by atoms with Crippen LogP contribution in [0.3, 0.4) is 0 Å². The fourth-order valence-electron chi connectivity index (χ4n) is 2.32. The first-order valence-electron chi connectivity index (χ1n) is 6.94. The number of anilines is 2. The maximum Gasteiger partial charge on any atom is 0.141 e. The Labute approximate surface area is 129 Å². The van der Waals surface area contributed by atoms with Gasteiger partial charge in [0.2, 0.25) is 0 Å². The summed E-state index contributed by atoms with van der Waals surface area (Å²) in [4.78, 5) is 8.71. The Morgan fingerprint density at radius 1 is 1.10 bits per heavy atom. The summed E-state index contributed by atoms with van der Waals surface area (Å²) in [6.07, 6.45) is 2.58. The number of fused-ring (bicyclic) bond motifs is 1. The van der Waals surface area contributed by atoms with Crippen molar-refractivity contribution in [1.29, 1.82) is 0 Å². The highest BCUT2D eigenvalue weighted by molar-refractivity contribution is 6.30. The molecule has 2 aromatic carbocycles. The van der Waals surface area contributed by atoms with Crippen molar-refractivity contribution in [2.24, 2.45) is 0 Å². The zero-order valence-corrected chi connectivity index (χ0v) is 12.8. The molecule has 0 bridgehead atoms. The van der Waals surface area contributed by atoms with Crippen LogP contribution in [-0.4, -0.2) is 9.97 Å². The van der Waals surface area contributed by atoms with Crippen LogP contribution in [0.4, 0.5) is 11.5 Å². The fourth-order valence-corrected chi connectivity index (χ4v) is 2.54. The predicted molar refractivity (Wildman–Crippen MR) is 88.4 cm³/mol. The van der Waals surface area contributed by atoms with Crippen LogP contribution in [0.25, 0.3) is 10.9 Å². The Kier molecular flexibility index (Phi) is 3.76. The average molecular weight is 298 g/mol. The Morgan fingerprint density at radius 2 is 1.95 bits per heavy atom. The van der Waals surface area contributed by atoms with Gasteiger partial charge in [0, 0.05) is 16.1 Å². The second-order valence-corrected chi connectivity index (χ2v) is 5.45. The summed E-state index contributed by atoms with van der Waals surface area (Å²) in [5.74, 6) is 0.820. The zero-order chi connectivity index (χ0) is 14.8. The molecule has 3 nitrogen and oxygen atoms in total. The van der Waals surface area contributed by atoms with Crippen molar-refractivity contribution in [3.8, 4) is 0 Å². The molecule has 21 heavy (non-hydrogen) atoms. The standard InChI is InChI=1S/C17H16ClN3/c1-3-12-4-6-16-14(9-12)17(20-10-19-16)21-15-7-5-13(18)8-11(15)2/h4-10H,3H2,1-2H3,(H,19,20,21). The van der Waals surface area contributed by atoms with E-state index in [-0.39, 0.29) is 0 Å². The molecule has 0 saturated carbocycles. The number of benzene rings is 2. The second kappa shape index (κ2) is 5.70. The van der Waals surface area contributed by atoms with Crippen molar-refractivity contribution in [1.82, 2.24) is 9.97 Å². The van der Waals surface area contributed by atoms with E-state index in [2.05, 4.69) is 34.3 Å². The van der Waals surface area contributed by atoms with Gasteiger partial charge in [-0.15, -0.1) is 0 Å². The molecule has 0 amide bonds. The van der Waals surface area contributed by atoms with E-state index in [0.29, 0.717) is 0 Å². The molecule has 1 aromatic heterocycles. The second-order valence-electron chi connectivity index (χ2n) is 5.01. The molecule has 1 N–H and O–H groups in total. The topological polar surface area (TPSA) is 37.8 Å². The zero-order valence-electron chi connectivity index (χ0n) is 12.0. The quantitative estimate of drug-likeness (QED) is 0.747. The lowest BCUT2D eigenvalue weighted by Crippen LogP contribution is -1.98. The highest BCUT2D eigenvalue weighted by atomic mass is 35.5. The Morgan fingerprint density at radius 3 is 2.71 bits per heavy atom. The maximum atomic E-state index is 6.00. The molecule has 4 heteroatoms. The number of hydrogen-bond donors (Lipinski definition) is 1. The molecule has 106 valence electrons. The van der Waals surface area contributed by atoms with Crippen LogP contribution >= 0.6 is 11.6 Å². The lowest BCUT2D eigenvalue weighted by atomic mass is 10.1.